The van der Waals surface area contributed by atoms with Crippen LogP contribution in [0.25, 0.3) is 0 Å². The van der Waals surface area contributed by atoms with E-state index in [1.165, 1.54) is 19.4 Å². The average Bonchev–Trinajstić information content (AvgIpc) is 2.05. The van der Waals surface area contributed by atoms with Crippen LogP contribution in [0.4, 0.5) is 0 Å². The standard InChI is InChI=1S/C6H5ClN2O2/c1-11-6-8-3-2-4(9-6)5(7)10/h2-3H,1H3. The van der Waals surface area contributed by atoms with Crippen LogP contribution < -0.4 is 4.74 Å². The Labute approximate surface area is 68.2 Å². The molecule has 0 bridgehead atoms. The molecule has 1 rings (SSSR count). The molecule has 0 aromatic carbocycles. The second-order valence-electron chi connectivity index (χ2n) is 1.70. The number of hydrogen-bond donors (Lipinski definition) is 0. The zero-order valence-electron chi connectivity index (χ0n) is 5.74. The summed E-state index contributed by atoms with van der Waals surface area (Å²) in [5.74, 6) is 0. The number of hydrogen-bond acceptors (Lipinski definition) is 4. The minimum absolute atomic E-state index is 0.136. The lowest BCUT2D eigenvalue weighted by Crippen LogP contribution is -1.98. The molecule has 5 heteroatoms. The van der Waals surface area contributed by atoms with Gasteiger partial charge in [0.15, 0.2) is 0 Å². The van der Waals surface area contributed by atoms with Crippen LogP contribution in [0.2, 0.25) is 0 Å². The van der Waals surface area contributed by atoms with E-state index in [2.05, 4.69) is 14.7 Å². The fourth-order valence-corrected chi connectivity index (χ4v) is 0.654. The number of methoxy groups -OCH3 is 1. The van der Waals surface area contributed by atoms with Crippen molar-refractivity contribution in [1.29, 1.82) is 0 Å². The first kappa shape index (κ1) is 7.94. The van der Waals surface area contributed by atoms with Crippen molar-refractivity contribution in [1.82, 2.24) is 9.97 Å². The Morgan fingerprint density at radius 2 is 2.45 bits per heavy atom. The molecule has 0 aliphatic heterocycles. The third-order valence-corrected chi connectivity index (χ3v) is 1.21. The Morgan fingerprint density at radius 1 is 1.73 bits per heavy atom. The summed E-state index contributed by atoms with van der Waals surface area (Å²) in [6, 6.07) is 1.55. The lowest BCUT2D eigenvalue weighted by atomic mass is 10.4. The summed E-state index contributed by atoms with van der Waals surface area (Å²) >= 11 is 5.15. The third kappa shape index (κ3) is 1.88. The maximum Gasteiger partial charge on any atom is 0.316 e. The van der Waals surface area contributed by atoms with Crippen LogP contribution >= 0.6 is 11.6 Å². The minimum Gasteiger partial charge on any atom is -0.467 e. The van der Waals surface area contributed by atoms with Gasteiger partial charge in [-0.15, -0.1) is 0 Å². The van der Waals surface area contributed by atoms with Gasteiger partial charge in [-0.3, -0.25) is 4.79 Å². The number of aromatic nitrogens is 2. The van der Waals surface area contributed by atoms with Crippen LogP contribution in [0, 0.1) is 0 Å². The van der Waals surface area contributed by atoms with E-state index in [0.29, 0.717) is 0 Å². The molecule has 0 N–H and O–H groups in total. The predicted octanol–water partition coefficient (Wildman–Crippen LogP) is 0.864. The first-order valence-corrected chi connectivity index (χ1v) is 3.18. The SMILES string of the molecule is COc1nccc(C(=O)Cl)n1. The van der Waals surface area contributed by atoms with Crippen LogP contribution in [0.3, 0.4) is 0 Å². The lowest BCUT2D eigenvalue weighted by Gasteiger charge is -1.96. The first-order valence-electron chi connectivity index (χ1n) is 2.81. The van der Waals surface area contributed by atoms with Crippen LogP contribution in [0.15, 0.2) is 12.3 Å². The highest BCUT2D eigenvalue weighted by Gasteiger charge is 2.04. The van der Waals surface area contributed by atoms with Crippen molar-refractivity contribution in [2.75, 3.05) is 7.11 Å². The molecule has 1 aromatic rings. The van der Waals surface area contributed by atoms with Crippen molar-refractivity contribution in [3.8, 4) is 6.01 Å². The van der Waals surface area contributed by atoms with Crippen molar-refractivity contribution in [2.24, 2.45) is 0 Å². The van der Waals surface area contributed by atoms with Crippen molar-refractivity contribution in [3.05, 3.63) is 18.0 Å². The van der Waals surface area contributed by atoms with Crippen molar-refractivity contribution >= 4 is 16.8 Å². The fraction of sp³-hybridized carbons (Fsp3) is 0.167. The molecule has 0 saturated carbocycles. The molecule has 0 atom stereocenters. The van der Waals surface area contributed by atoms with Crippen molar-refractivity contribution in [2.45, 2.75) is 0 Å². The minimum atomic E-state index is -0.620. The molecule has 1 aromatic heterocycles. The summed E-state index contributed by atoms with van der Waals surface area (Å²) in [5, 5.41) is -0.620. The number of carbonyl (C=O) groups is 1. The number of carbonyl (C=O) groups excluding carboxylic acids is 1. The number of halogens is 1. The molecule has 0 saturated heterocycles. The van der Waals surface area contributed by atoms with Crippen LogP contribution in [-0.2, 0) is 0 Å². The van der Waals surface area contributed by atoms with Crippen molar-refractivity contribution in [3.63, 3.8) is 0 Å². The molecule has 0 amide bonds. The molecule has 1 heterocycles. The summed E-state index contributed by atoms with van der Waals surface area (Å²) in [4.78, 5) is 17.9. The molecular weight excluding hydrogens is 168 g/mol. The molecule has 4 nitrogen and oxygen atoms in total. The van der Waals surface area contributed by atoms with Crippen LogP contribution in [0.5, 0.6) is 6.01 Å². The molecule has 0 radical (unpaired) electrons. The molecule has 0 aliphatic carbocycles. The Hall–Kier alpha value is -1.16. The normalized spacial score (nSPS) is 9.27. The Balaban J connectivity index is 3.01. The van der Waals surface area contributed by atoms with E-state index >= 15 is 0 Å². The molecule has 0 unspecified atom stereocenters. The Kier molecular flexibility index (Phi) is 2.38. The smallest absolute Gasteiger partial charge is 0.316 e. The Bertz CT molecular complexity index is 277. The summed E-state index contributed by atoms with van der Waals surface area (Å²) in [7, 11) is 1.41. The maximum atomic E-state index is 10.5. The second kappa shape index (κ2) is 3.30. The molecule has 0 aliphatic rings. The van der Waals surface area contributed by atoms with Gasteiger partial charge in [0, 0.05) is 6.20 Å². The van der Waals surface area contributed by atoms with Gasteiger partial charge >= 0.3 is 6.01 Å². The molecule has 58 valence electrons. The monoisotopic (exact) mass is 172 g/mol. The summed E-state index contributed by atoms with van der Waals surface area (Å²) in [6.45, 7) is 0. The van der Waals surface area contributed by atoms with Gasteiger partial charge in [0.05, 0.1) is 7.11 Å². The Morgan fingerprint density at radius 3 is 3.00 bits per heavy atom. The van der Waals surface area contributed by atoms with Gasteiger partial charge in [-0.25, -0.2) is 4.98 Å². The molecular formula is C6H5ClN2O2. The maximum absolute atomic E-state index is 10.5. The van der Waals surface area contributed by atoms with E-state index in [9.17, 15) is 4.79 Å². The zero-order valence-corrected chi connectivity index (χ0v) is 6.50. The zero-order chi connectivity index (χ0) is 8.27. The van der Waals surface area contributed by atoms with E-state index in [-0.39, 0.29) is 11.7 Å². The van der Waals surface area contributed by atoms with Gasteiger partial charge in [0.25, 0.3) is 5.24 Å². The predicted molar refractivity (Wildman–Crippen MR) is 38.8 cm³/mol. The highest BCUT2D eigenvalue weighted by Crippen LogP contribution is 2.03. The van der Waals surface area contributed by atoms with E-state index in [0.717, 1.165) is 0 Å². The average molecular weight is 173 g/mol. The van der Waals surface area contributed by atoms with Gasteiger partial charge in [-0.2, -0.15) is 4.98 Å². The number of ether oxygens (including phenoxy) is 1. The van der Waals surface area contributed by atoms with Gasteiger partial charge in [-0.05, 0) is 17.7 Å². The third-order valence-electron chi connectivity index (χ3n) is 1.02. The van der Waals surface area contributed by atoms with Gasteiger partial charge < -0.3 is 4.74 Å². The summed E-state index contributed by atoms with van der Waals surface area (Å²) < 4.78 is 4.67. The fourth-order valence-electron chi connectivity index (χ4n) is 0.549. The number of rotatable bonds is 2. The highest BCUT2D eigenvalue weighted by atomic mass is 35.5. The van der Waals surface area contributed by atoms with E-state index in [1.807, 2.05) is 0 Å². The van der Waals surface area contributed by atoms with E-state index in [1.54, 1.807) is 0 Å². The summed E-state index contributed by atoms with van der Waals surface area (Å²) in [6.07, 6.45) is 1.40. The lowest BCUT2D eigenvalue weighted by molar-refractivity contribution is 0.107. The molecule has 0 fully saturated rings. The van der Waals surface area contributed by atoms with Gasteiger partial charge in [0.1, 0.15) is 5.69 Å². The van der Waals surface area contributed by atoms with Crippen LogP contribution in [-0.4, -0.2) is 22.3 Å². The van der Waals surface area contributed by atoms with Gasteiger partial charge in [0.2, 0.25) is 0 Å². The summed E-state index contributed by atoms with van der Waals surface area (Å²) in [5.41, 5.74) is 0.138. The van der Waals surface area contributed by atoms with Crippen LogP contribution in [0.1, 0.15) is 10.5 Å². The molecule has 11 heavy (non-hydrogen) atoms. The first-order chi connectivity index (χ1) is 5.24. The van der Waals surface area contributed by atoms with Gasteiger partial charge in [-0.1, -0.05) is 0 Å². The topological polar surface area (TPSA) is 52.1 Å². The highest BCUT2D eigenvalue weighted by molar-refractivity contribution is 6.67. The van der Waals surface area contributed by atoms with E-state index < -0.39 is 5.24 Å². The molecule has 0 spiro atoms. The second-order valence-corrected chi connectivity index (χ2v) is 2.05. The number of nitrogens with zero attached hydrogens (tertiary/aromatic N) is 2. The van der Waals surface area contributed by atoms with E-state index in [4.69, 9.17) is 11.6 Å². The van der Waals surface area contributed by atoms with Crippen molar-refractivity contribution < 1.29 is 9.53 Å². The quantitative estimate of drug-likeness (QED) is 0.621. The largest absolute Gasteiger partial charge is 0.467 e.